The van der Waals surface area contributed by atoms with Crippen LogP contribution in [-0.4, -0.2) is 25.0 Å². The van der Waals surface area contributed by atoms with Crippen LogP contribution < -0.4 is 15.4 Å². The number of rotatable bonds is 5. The lowest BCUT2D eigenvalue weighted by Gasteiger charge is -2.17. The summed E-state index contributed by atoms with van der Waals surface area (Å²) in [4.78, 5) is 23.6. The van der Waals surface area contributed by atoms with Crippen LogP contribution in [0.4, 0.5) is 5.69 Å². The summed E-state index contributed by atoms with van der Waals surface area (Å²) < 4.78 is 12.2. The normalized spacial score (nSPS) is 13.1. The zero-order valence-electron chi connectivity index (χ0n) is 14.4. The lowest BCUT2D eigenvalue weighted by Crippen LogP contribution is -2.27. The number of nitrogens with one attached hydrogen (secondary N) is 2. The van der Waals surface area contributed by atoms with Crippen molar-refractivity contribution < 1.29 is 18.7 Å². The SMILES string of the molecule is O=C1CCc2cc(OCCNC(=O)c3cc4cc(Br)ccc4o3)ccc2N1. The largest absolute Gasteiger partial charge is 0.492 e. The molecule has 3 aromatic rings. The molecule has 0 spiro atoms. The first-order valence-corrected chi connectivity index (χ1v) is 9.41. The van der Waals surface area contributed by atoms with Crippen LogP contribution in [0.15, 0.2) is 51.4 Å². The quantitative estimate of drug-likeness (QED) is 0.604. The zero-order valence-corrected chi connectivity index (χ0v) is 16.0. The molecule has 7 heteroatoms. The number of aryl methyl sites for hydroxylation is 1. The average Bonchev–Trinajstić information content (AvgIpc) is 3.08. The second kappa shape index (κ2) is 7.44. The summed E-state index contributed by atoms with van der Waals surface area (Å²) in [5.41, 5.74) is 2.56. The van der Waals surface area contributed by atoms with Crippen LogP contribution in [-0.2, 0) is 11.2 Å². The Kier molecular flexibility index (Phi) is 4.85. The molecule has 0 saturated heterocycles. The molecule has 0 saturated carbocycles. The smallest absolute Gasteiger partial charge is 0.287 e. The number of carbonyl (C=O) groups excluding carboxylic acids is 2. The van der Waals surface area contributed by atoms with E-state index in [2.05, 4.69) is 26.6 Å². The number of benzene rings is 2. The van der Waals surface area contributed by atoms with Gasteiger partial charge < -0.3 is 19.8 Å². The summed E-state index contributed by atoms with van der Waals surface area (Å²) in [6.45, 7) is 0.691. The van der Waals surface area contributed by atoms with E-state index in [0.717, 1.165) is 21.1 Å². The van der Waals surface area contributed by atoms with Gasteiger partial charge in [0.2, 0.25) is 5.91 Å². The summed E-state index contributed by atoms with van der Waals surface area (Å²) in [5.74, 6) is 0.747. The highest BCUT2D eigenvalue weighted by Crippen LogP contribution is 2.27. The molecular formula is C20H17BrN2O4. The highest BCUT2D eigenvalue weighted by Gasteiger charge is 2.15. The number of hydrogen-bond acceptors (Lipinski definition) is 4. The van der Waals surface area contributed by atoms with Gasteiger partial charge in [0.05, 0.1) is 6.54 Å². The minimum Gasteiger partial charge on any atom is -0.492 e. The van der Waals surface area contributed by atoms with Gasteiger partial charge in [0.1, 0.15) is 17.9 Å². The van der Waals surface area contributed by atoms with E-state index in [-0.39, 0.29) is 17.6 Å². The van der Waals surface area contributed by atoms with E-state index in [1.807, 2.05) is 36.4 Å². The van der Waals surface area contributed by atoms with Gasteiger partial charge in [0.25, 0.3) is 5.91 Å². The van der Waals surface area contributed by atoms with E-state index in [1.165, 1.54) is 0 Å². The van der Waals surface area contributed by atoms with Crippen molar-refractivity contribution in [3.05, 3.63) is 58.3 Å². The fraction of sp³-hybridized carbons (Fsp3) is 0.200. The van der Waals surface area contributed by atoms with Crippen molar-refractivity contribution in [1.82, 2.24) is 5.32 Å². The van der Waals surface area contributed by atoms with Crippen LogP contribution in [0, 0.1) is 0 Å². The predicted octanol–water partition coefficient (Wildman–Crippen LogP) is 3.89. The van der Waals surface area contributed by atoms with Gasteiger partial charge in [-0.15, -0.1) is 0 Å². The second-order valence-corrected chi connectivity index (χ2v) is 7.18. The van der Waals surface area contributed by atoms with Crippen molar-refractivity contribution in [1.29, 1.82) is 0 Å². The van der Waals surface area contributed by atoms with E-state index in [9.17, 15) is 9.59 Å². The molecule has 0 aliphatic carbocycles. The standard InChI is InChI=1S/C20H17BrN2O4/c21-14-2-5-17-13(9-14)11-18(27-17)20(25)22-7-8-26-15-3-4-16-12(10-15)1-6-19(24)23-16/h2-5,9-11H,1,6-8H2,(H,22,25)(H,23,24). The Balaban J connectivity index is 1.30. The number of carbonyl (C=O) groups is 2. The number of ether oxygens (including phenoxy) is 1. The zero-order chi connectivity index (χ0) is 18.8. The summed E-state index contributed by atoms with van der Waals surface area (Å²) in [6.07, 6.45) is 1.19. The Morgan fingerprint density at radius 1 is 1.19 bits per heavy atom. The number of halogens is 1. The molecule has 2 heterocycles. The minimum absolute atomic E-state index is 0.0387. The summed E-state index contributed by atoms with van der Waals surface area (Å²) >= 11 is 3.40. The molecule has 1 aliphatic heterocycles. The number of furan rings is 1. The van der Waals surface area contributed by atoms with E-state index >= 15 is 0 Å². The summed E-state index contributed by atoms with van der Waals surface area (Å²) in [5, 5.41) is 6.49. The first-order valence-electron chi connectivity index (χ1n) is 8.61. The first-order chi connectivity index (χ1) is 13.1. The third kappa shape index (κ3) is 3.98. The third-order valence-electron chi connectivity index (χ3n) is 4.33. The maximum Gasteiger partial charge on any atom is 0.287 e. The highest BCUT2D eigenvalue weighted by atomic mass is 79.9. The Morgan fingerprint density at radius 2 is 2.07 bits per heavy atom. The Labute approximate surface area is 164 Å². The Bertz CT molecular complexity index is 1030. The van der Waals surface area contributed by atoms with E-state index in [4.69, 9.17) is 9.15 Å². The van der Waals surface area contributed by atoms with Gasteiger partial charge >= 0.3 is 0 Å². The molecule has 2 N–H and O–H groups in total. The number of fused-ring (bicyclic) bond motifs is 2. The number of hydrogen-bond donors (Lipinski definition) is 2. The van der Waals surface area contributed by atoms with E-state index < -0.39 is 0 Å². The first kappa shape index (κ1) is 17.6. The van der Waals surface area contributed by atoms with Crippen molar-refractivity contribution >= 4 is 44.4 Å². The maximum absolute atomic E-state index is 12.2. The Morgan fingerprint density at radius 3 is 2.96 bits per heavy atom. The van der Waals surface area contributed by atoms with Crippen LogP contribution in [0.3, 0.4) is 0 Å². The van der Waals surface area contributed by atoms with Gasteiger partial charge in [-0.1, -0.05) is 15.9 Å². The lowest BCUT2D eigenvalue weighted by atomic mass is 10.0. The van der Waals surface area contributed by atoms with Gasteiger partial charge in [-0.2, -0.15) is 0 Å². The van der Waals surface area contributed by atoms with Gasteiger partial charge in [-0.05, 0) is 54.4 Å². The molecule has 6 nitrogen and oxygen atoms in total. The molecule has 0 bridgehead atoms. The van der Waals surface area contributed by atoms with Crippen molar-refractivity contribution in [3.8, 4) is 5.75 Å². The van der Waals surface area contributed by atoms with Crippen LogP contribution in [0.5, 0.6) is 5.75 Å². The molecule has 1 aromatic heterocycles. The molecule has 0 fully saturated rings. The molecule has 2 amide bonds. The van der Waals surface area contributed by atoms with E-state index in [0.29, 0.717) is 37.3 Å². The molecule has 2 aromatic carbocycles. The average molecular weight is 429 g/mol. The molecule has 27 heavy (non-hydrogen) atoms. The van der Waals surface area contributed by atoms with Crippen LogP contribution >= 0.6 is 15.9 Å². The predicted molar refractivity (Wildman–Crippen MR) is 105 cm³/mol. The third-order valence-corrected chi connectivity index (χ3v) is 4.82. The fourth-order valence-electron chi connectivity index (χ4n) is 3.00. The van der Waals surface area contributed by atoms with Crippen LogP contribution in [0.1, 0.15) is 22.5 Å². The Hall–Kier alpha value is -2.80. The van der Waals surface area contributed by atoms with Gasteiger partial charge in [0.15, 0.2) is 5.76 Å². The van der Waals surface area contributed by atoms with Gasteiger partial charge in [0, 0.05) is 22.0 Å². The van der Waals surface area contributed by atoms with E-state index in [1.54, 1.807) is 6.07 Å². The maximum atomic E-state index is 12.2. The minimum atomic E-state index is -0.279. The molecule has 0 atom stereocenters. The molecule has 1 aliphatic rings. The second-order valence-electron chi connectivity index (χ2n) is 6.26. The lowest BCUT2D eigenvalue weighted by molar-refractivity contribution is -0.116. The summed E-state index contributed by atoms with van der Waals surface area (Å²) in [7, 11) is 0. The van der Waals surface area contributed by atoms with Gasteiger partial charge in [-0.25, -0.2) is 0 Å². The fourth-order valence-corrected chi connectivity index (χ4v) is 3.38. The van der Waals surface area contributed by atoms with Gasteiger partial charge in [-0.3, -0.25) is 9.59 Å². The molecule has 4 rings (SSSR count). The molecular weight excluding hydrogens is 412 g/mol. The molecule has 0 radical (unpaired) electrons. The number of amides is 2. The monoisotopic (exact) mass is 428 g/mol. The topological polar surface area (TPSA) is 80.6 Å². The summed E-state index contributed by atoms with van der Waals surface area (Å²) in [6, 6.07) is 12.9. The van der Waals surface area contributed by atoms with Crippen molar-refractivity contribution in [3.63, 3.8) is 0 Å². The molecule has 0 unspecified atom stereocenters. The van der Waals surface area contributed by atoms with Crippen LogP contribution in [0.2, 0.25) is 0 Å². The van der Waals surface area contributed by atoms with Crippen LogP contribution in [0.25, 0.3) is 11.0 Å². The number of anilines is 1. The van der Waals surface area contributed by atoms with Crippen molar-refractivity contribution in [2.75, 3.05) is 18.5 Å². The van der Waals surface area contributed by atoms with Crippen molar-refractivity contribution in [2.45, 2.75) is 12.8 Å². The molecule has 138 valence electrons. The highest BCUT2D eigenvalue weighted by molar-refractivity contribution is 9.10. The van der Waals surface area contributed by atoms with Crippen molar-refractivity contribution in [2.24, 2.45) is 0 Å².